The first kappa shape index (κ1) is 15.8. The van der Waals surface area contributed by atoms with Crippen LogP contribution in [0.15, 0.2) is 5.38 Å². The molecule has 0 aromatic carbocycles. The van der Waals surface area contributed by atoms with E-state index in [4.69, 9.17) is 4.98 Å². The van der Waals surface area contributed by atoms with E-state index in [-0.39, 0.29) is 0 Å². The highest BCUT2D eigenvalue weighted by Gasteiger charge is 2.21. The van der Waals surface area contributed by atoms with Gasteiger partial charge in [0.25, 0.3) is 0 Å². The molecule has 0 aliphatic carbocycles. The second-order valence-electron chi connectivity index (χ2n) is 6.58. The summed E-state index contributed by atoms with van der Waals surface area (Å²) in [6, 6.07) is 0.519. The minimum absolute atomic E-state index is 0.519. The van der Waals surface area contributed by atoms with Crippen molar-refractivity contribution in [2.24, 2.45) is 11.8 Å². The van der Waals surface area contributed by atoms with E-state index in [9.17, 15) is 0 Å². The summed E-state index contributed by atoms with van der Waals surface area (Å²) in [5.74, 6) is 1.71. The van der Waals surface area contributed by atoms with E-state index in [1.807, 2.05) is 0 Å². The zero-order valence-corrected chi connectivity index (χ0v) is 14.2. The molecule has 2 rings (SSSR count). The van der Waals surface area contributed by atoms with Gasteiger partial charge in [-0.05, 0) is 31.1 Å². The molecule has 1 unspecified atom stereocenters. The third-order valence-corrected chi connectivity index (χ3v) is 5.17. The first-order valence-corrected chi connectivity index (χ1v) is 8.87. The van der Waals surface area contributed by atoms with Gasteiger partial charge in [-0.25, -0.2) is 4.98 Å². The van der Waals surface area contributed by atoms with Crippen LogP contribution in [-0.2, 0) is 6.54 Å². The molecule has 0 spiro atoms. The Morgan fingerprint density at radius 2 is 2.10 bits per heavy atom. The van der Waals surface area contributed by atoms with Gasteiger partial charge in [0.2, 0.25) is 0 Å². The average molecular weight is 295 g/mol. The van der Waals surface area contributed by atoms with Crippen LogP contribution in [-0.4, -0.2) is 24.1 Å². The Labute approximate surface area is 127 Å². The molecule has 2 heterocycles. The zero-order valence-electron chi connectivity index (χ0n) is 13.4. The summed E-state index contributed by atoms with van der Waals surface area (Å²) in [6.45, 7) is 12.3. The Balaban J connectivity index is 1.91. The van der Waals surface area contributed by atoms with Crippen molar-refractivity contribution in [1.29, 1.82) is 0 Å². The first-order valence-electron chi connectivity index (χ1n) is 7.99. The molecule has 20 heavy (non-hydrogen) atoms. The maximum Gasteiger partial charge on any atom is 0.185 e. The second-order valence-corrected chi connectivity index (χ2v) is 7.42. The summed E-state index contributed by atoms with van der Waals surface area (Å²) in [6.07, 6.45) is 4.00. The Kier molecular flexibility index (Phi) is 5.85. The number of hydrogen-bond donors (Lipinski definition) is 1. The molecule has 1 saturated heterocycles. The number of rotatable bonds is 5. The van der Waals surface area contributed by atoms with Crippen LogP contribution in [0.2, 0.25) is 0 Å². The van der Waals surface area contributed by atoms with E-state index in [0.717, 1.165) is 18.4 Å². The van der Waals surface area contributed by atoms with Gasteiger partial charge in [-0.15, -0.1) is 11.3 Å². The third-order valence-electron chi connectivity index (χ3n) is 4.22. The lowest BCUT2D eigenvalue weighted by Crippen LogP contribution is -2.25. The normalized spacial score (nSPS) is 20.7. The van der Waals surface area contributed by atoms with Crippen molar-refractivity contribution in [3.8, 4) is 0 Å². The van der Waals surface area contributed by atoms with Gasteiger partial charge < -0.3 is 10.2 Å². The molecular weight excluding hydrogens is 266 g/mol. The van der Waals surface area contributed by atoms with Crippen molar-refractivity contribution in [2.45, 2.75) is 59.5 Å². The van der Waals surface area contributed by atoms with Gasteiger partial charge in [-0.1, -0.05) is 27.7 Å². The maximum absolute atomic E-state index is 4.80. The second kappa shape index (κ2) is 7.41. The topological polar surface area (TPSA) is 28.2 Å². The molecular formula is C16H29N3S. The number of anilines is 1. The Morgan fingerprint density at radius 1 is 1.30 bits per heavy atom. The predicted octanol–water partition coefficient (Wildman–Crippen LogP) is 3.90. The number of nitrogens with one attached hydrogen (secondary N) is 1. The zero-order chi connectivity index (χ0) is 14.5. The number of aromatic nitrogens is 1. The van der Waals surface area contributed by atoms with Gasteiger partial charge >= 0.3 is 0 Å². The molecule has 0 bridgehead atoms. The quantitative estimate of drug-likeness (QED) is 0.893. The Hall–Kier alpha value is -0.610. The molecule has 1 aromatic rings. The largest absolute Gasteiger partial charge is 0.348 e. The van der Waals surface area contributed by atoms with Gasteiger partial charge in [0.15, 0.2) is 5.13 Å². The Morgan fingerprint density at radius 3 is 2.80 bits per heavy atom. The lowest BCUT2D eigenvalue weighted by molar-refractivity contribution is 0.351. The van der Waals surface area contributed by atoms with Gasteiger partial charge in [0, 0.05) is 31.1 Å². The fraction of sp³-hybridized carbons (Fsp3) is 0.812. The van der Waals surface area contributed by atoms with Crippen molar-refractivity contribution >= 4 is 16.5 Å². The van der Waals surface area contributed by atoms with Crippen LogP contribution >= 0.6 is 11.3 Å². The maximum atomic E-state index is 4.80. The first-order chi connectivity index (χ1) is 9.56. The van der Waals surface area contributed by atoms with Crippen molar-refractivity contribution in [3.05, 3.63) is 11.1 Å². The molecule has 114 valence electrons. The minimum atomic E-state index is 0.519. The minimum Gasteiger partial charge on any atom is -0.348 e. The monoisotopic (exact) mass is 295 g/mol. The molecule has 3 nitrogen and oxygen atoms in total. The SMILES string of the molecule is CC(C)NCc1csc(N2CCCC(C(C)C)CC2)n1. The summed E-state index contributed by atoms with van der Waals surface area (Å²) < 4.78 is 0. The molecule has 1 aliphatic rings. The van der Waals surface area contributed by atoms with Crippen LogP contribution < -0.4 is 10.2 Å². The molecule has 1 N–H and O–H groups in total. The van der Waals surface area contributed by atoms with Crippen LogP contribution in [0.4, 0.5) is 5.13 Å². The van der Waals surface area contributed by atoms with Gasteiger partial charge in [0.05, 0.1) is 5.69 Å². The molecule has 1 fully saturated rings. The molecule has 4 heteroatoms. The van der Waals surface area contributed by atoms with E-state index in [2.05, 4.69) is 43.3 Å². The van der Waals surface area contributed by atoms with Crippen LogP contribution in [0.25, 0.3) is 0 Å². The summed E-state index contributed by atoms with van der Waals surface area (Å²) in [4.78, 5) is 7.29. The fourth-order valence-electron chi connectivity index (χ4n) is 2.81. The van der Waals surface area contributed by atoms with E-state index in [0.29, 0.717) is 6.04 Å². The van der Waals surface area contributed by atoms with Crippen LogP contribution in [0, 0.1) is 11.8 Å². The molecule has 1 aliphatic heterocycles. The van der Waals surface area contributed by atoms with E-state index < -0.39 is 0 Å². The van der Waals surface area contributed by atoms with Crippen molar-refractivity contribution in [1.82, 2.24) is 10.3 Å². The van der Waals surface area contributed by atoms with Crippen molar-refractivity contribution in [2.75, 3.05) is 18.0 Å². The lowest BCUT2D eigenvalue weighted by Gasteiger charge is -2.20. The number of thiazole rings is 1. The van der Waals surface area contributed by atoms with Gasteiger partial charge in [0.1, 0.15) is 0 Å². The molecule has 0 radical (unpaired) electrons. The number of nitrogens with zero attached hydrogens (tertiary/aromatic N) is 2. The van der Waals surface area contributed by atoms with Gasteiger partial charge in [-0.2, -0.15) is 0 Å². The smallest absolute Gasteiger partial charge is 0.185 e. The van der Waals surface area contributed by atoms with Crippen LogP contribution in [0.5, 0.6) is 0 Å². The Bertz CT molecular complexity index is 400. The molecule has 1 atom stereocenters. The summed E-state index contributed by atoms with van der Waals surface area (Å²) in [5.41, 5.74) is 1.18. The van der Waals surface area contributed by atoms with E-state index in [1.165, 1.54) is 43.2 Å². The van der Waals surface area contributed by atoms with Crippen molar-refractivity contribution in [3.63, 3.8) is 0 Å². The summed E-state index contributed by atoms with van der Waals surface area (Å²) in [5, 5.41) is 6.86. The summed E-state index contributed by atoms with van der Waals surface area (Å²) >= 11 is 1.80. The highest BCUT2D eigenvalue weighted by molar-refractivity contribution is 7.13. The fourth-order valence-corrected chi connectivity index (χ4v) is 3.69. The lowest BCUT2D eigenvalue weighted by atomic mass is 9.89. The number of hydrogen-bond acceptors (Lipinski definition) is 4. The molecule has 1 aromatic heterocycles. The van der Waals surface area contributed by atoms with E-state index >= 15 is 0 Å². The summed E-state index contributed by atoms with van der Waals surface area (Å²) in [7, 11) is 0. The van der Waals surface area contributed by atoms with Crippen LogP contribution in [0.3, 0.4) is 0 Å². The predicted molar refractivity (Wildman–Crippen MR) is 88.5 cm³/mol. The average Bonchev–Trinajstić information content (AvgIpc) is 2.72. The van der Waals surface area contributed by atoms with E-state index in [1.54, 1.807) is 11.3 Å². The molecule has 0 amide bonds. The standard InChI is InChI=1S/C16H29N3S/c1-12(2)14-6-5-8-19(9-7-14)16-18-15(11-20-16)10-17-13(3)4/h11-14,17H,5-10H2,1-4H3. The third kappa shape index (κ3) is 4.45. The highest BCUT2D eigenvalue weighted by atomic mass is 32.1. The van der Waals surface area contributed by atoms with Crippen molar-refractivity contribution < 1.29 is 0 Å². The van der Waals surface area contributed by atoms with Crippen LogP contribution in [0.1, 0.15) is 52.7 Å². The molecule has 0 saturated carbocycles. The highest BCUT2D eigenvalue weighted by Crippen LogP contribution is 2.28. The van der Waals surface area contributed by atoms with Gasteiger partial charge in [-0.3, -0.25) is 0 Å².